The van der Waals surface area contributed by atoms with Gasteiger partial charge in [0.25, 0.3) is 5.91 Å². The lowest BCUT2D eigenvalue weighted by atomic mass is 10.0. The number of oxime groups is 1. The highest BCUT2D eigenvalue weighted by atomic mass is 16.4. The number of nitrogens with one attached hydrogen (secondary N) is 1. The zero-order valence-electron chi connectivity index (χ0n) is 11.4. The molecule has 0 bridgehead atoms. The number of hydrogen-bond acceptors (Lipinski definition) is 4. The van der Waals surface area contributed by atoms with Gasteiger partial charge in [0.1, 0.15) is 5.84 Å². The molecule has 1 fully saturated rings. The number of carbonyl (C=O) groups is 1. The Bertz CT molecular complexity index is 693. The van der Waals surface area contributed by atoms with Crippen LogP contribution in [0.2, 0.25) is 0 Å². The first-order valence-electron chi connectivity index (χ1n) is 6.91. The van der Waals surface area contributed by atoms with Crippen LogP contribution >= 0.6 is 0 Å². The minimum absolute atomic E-state index is 0.105. The third-order valence-electron chi connectivity index (χ3n) is 4.00. The quantitative estimate of drug-likeness (QED) is 0.338. The maximum Gasteiger partial charge on any atom is 0.255 e. The van der Waals surface area contributed by atoms with Crippen LogP contribution in [0.1, 0.15) is 29.6 Å². The SMILES string of the molecule is N/C(=N/O)C1CCCC1NC(=O)c1cnn2ccccc12. The fourth-order valence-corrected chi connectivity index (χ4v) is 2.92. The Labute approximate surface area is 121 Å². The van der Waals surface area contributed by atoms with Gasteiger partial charge in [-0.3, -0.25) is 4.79 Å². The Morgan fingerprint density at radius 3 is 3.14 bits per heavy atom. The van der Waals surface area contributed by atoms with Gasteiger partial charge in [0, 0.05) is 18.2 Å². The van der Waals surface area contributed by atoms with Crippen LogP contribution < -0.4 is 11.1 Å². The standard InChI is InChI=1S/C14H17N5O2/c15-13(18-21)9-4-3-5-11(9)17-14(20)10-8-16-19-7-2-1-6-12(10)19/h1-2,6-9,11,21H,3-5H2,(H2,15,18)(H,17,20). The van der Waals surface area contributed by atoms with Crippen molar-refractivity contribution < 1.29 is 10.0 Å². The minimum Gasteiger partial charge on any atom is -0.409 e. The second-order valence-corrected chi connectivity index (χ2v) is 5.23. The molecular weight excluding hydrogens is 270 g/mol. The van der Waals surface area contributed by atoms with E-state index in [1.807, 2.05) is 18.2 Å². The molecule has 1 amide bonds. The normalized spacial score (nSPS) is 22.6. The molecule has 0 aromatic carbocycles. The van der Waals surface area contributed by atoms with Gasteiger partial charge in [0.2, 0.25) is 0 Å². The first-order valence-corrected chi connectivity index (χ1v) is 6.91. The molecule has 2 atom stereocenters. The zero-order chi connectivity index (χ0) is 14.8. The molecule has 2 aromatic heterocycles. The van der Waals surface area contributed by atoms with Crippen LogP contribution in [0.3, 0.4) is 0 Å². The highest BCUT2D eigenvalue weighted by Gasteiger charge is 2.32. The van der Waals surface area contributed by atoms with Gasteiger partial charge in [-0.25, -0.2) is 4.52 Å². The van der Waals surface area contributed by atoms with E-state index in [-0.39, 0.29) is 23.7 Å². The molecule has 7 heteroatoms. The van der Waals surface area contributed by atoms with Crippen molar-refractivity contribution >= 4 is 17.3 Å². The van der Waals surface area contributed by atoms with Crippen LogP contribution in [0, 0.1) is 5.92 Å². The number of fused-ring (bicyclic) bond motifs is 1. The van der Waals surface area contributed by atoms with E-state index in [9.17, 15) is 4.79 Å². The van der Waals surface area contributed by atoms with Crippen molar-refractivity contribution in [3.05, 3.63) is 36.2 Å². The number of amidine groups is 1. The van der Waals surface area contributed by atoms with E-state index < -0.39 is 0 Å². The Kier molecular flexibility index (Phi) is 3.47. The molecule has 2 aromatic rings. The van der Waals surface area contributed by atoms with E-state index in [2.05, 4.69) is 15.6 Å². The van der Waals surface area contributed by atoms with Crippen molar-refractivity contribution in [1.29, 1.82) is 0 Å². The van der Waals surface area contributed by atoms with Crippen LogP contribution in [0.15, 0.2) is 35.7 Å². The molecule has 1 aliphatic rings. The zero-order valence-corrected chi connectivity index (χ0v) is 11.4. The maximum atomic E-state index is 12.4. The maximum absolute atomic E-state index is 12.4. The fraction of sp³-hybridized carbons (Fsp3) is 0.357. The second kappa shape index (κ2) is 5.43. The van der Waals surface area contributed by atoms with E-state index in [1.54, 1.807) is 16.9 Å². The van der Waals surface area contributed by atoms with Crippen LogP contribution in [0.4, 0.5) is 0 Å². The number of hydrogen-bond donors (Lipinski definition) is 3. The van der Waals surface area contributed by atoms with Crippen LogP contribution in [-0.2, 0) is 0 Å². The summed E-state index contributed by atoms with van der Waals surface area (Å²) in [5, 5.41) is 19.0. The third-order valence-corrected chi connectivity index (χ3v) is 4.00. The van der Waals surface area contributed by atoms with E-state index in [0.717, 1.165) is 24.8 Å². The van der Waals surface area contributed by atoms with Gasteiger partial charge < -0.3 is 16.3 Å². The summed E-state index contributed by atoms with van der Waals surface area (Å²) in [6.07, 6.45) is 5.93. The Hall–Kier alpha value is -2.57. The van der Waals surface area contributed by atoms with Crippen molar-refractivity contribution in [3.8, 4) is 0 Å². The Morgan fingerprint density at radius 2 is 2.33 bits per heavy atom. The highest BCUT2D eigenvalue weighted by Crippen LogP contribution is 2.26. The van der Waals surface area contributed by atoms with E-state index in [4.69, 9.17) is 10.9 Å². The van der Waals surface area contributed by atoms with Crippen molar-refractivity contribution in [2.75, 3.05) is 0 Å². The van der Waals surface area contributed by atoms with Crippen LogP contribution in [0.5, 0.6) is 0 Å². The molecule has 2 heterocycles. The smallest absolute Gasteiger partial charge is 0.255 e. The van der Waals surface area contributed by atoms with E-state index >= 15 is 0 Å². The lowest BCUT2D eigenvalue weighted by molar-refractivity contribution is 0.0935. The second-order valence-electron chi connectivity index (χ2n) is 5.23. The lowest BCUT2D eigenvalue weighted by Gasteiger charge is -2.19. The monoisotopic (exact) mass is 287 g/mol. The number of amides is 1. The summed E-state index contributed by atoms with van der Waals surface area (Å²) in [4.78, 5) is 12.4. The highest BCUT2D eigenvalue weighted by molar-refractivity contribution is 6.01. The van der Waals surface area contributed by atoms with Crippen molar-refractivity contribution in [1.82, 2.24) is 14.9 Å². The van der Waals surface area contributed by atoms with Gasteiger partial charge in [-0.05, 0) is 25.0 Å². The van der Waals surface area contributed by atoms with Gasteiger partial charge in [-0.15, -0.1) is 0 Å². The number of nitrogens with two attached hydrogens (primary N) is 1. The first-order chi connectivity index (χ1) is 10.2. The lowest BCUT2D eigenvalue weighted by Crippen LogP contribution is -2.42. The van der Waals surface area contributed by atoms with Gasteiger partial charge in [0.15, 0.2) is 0 Å². The number of rotatable bonds is 3. The Balaban J connectivity index is 1.80. The molecule has 2 unspecified atom stereocenters. The molecule has 3 rings (SSSR count). The fourth-order valence-electron chi connectivity index (χ4n) is 2.92. The summed E-state index contributed by atoms with van der Waals surface area (Å²) in [7, 11) is 0. The molecule has 0 aliphatic heterocycles. The topological polar surface area (TPSA) is 105 Å². The summed E-state index contributed by atoms with van der Waals surface area (Å²) in [6.45, 7) is 0. The first kappa shape index (κ1) is 13.4. The van der Waals surface area contributed by atoms with Gasteiger partial charge in [-0.2, -0.15) is 5.10 Å². The van der Waals surface area contributed by atoms with E-state index in [1.165, 1.54) is 0 Å². The summed E-state index contributed by atoms with van der Waals surface area (Å²) in [5.74, 6) is -0.114. The van der Waals surface area contributed by atoms with Crippen molar-refractivity contribution in [3.63, 3.8) is 0 Å². The number of aromatic nitrogens is 2. The van der Waals surface area contributed by atoms with Crippen molar-refractivity contribution in [2.24, 2.45) is 16.8 Å². The number of carbonyl (C=O) groups excluding carboxylic acids is 1. The molecule has 1 saturated carbocycles. The average Bonchev–Trinajstić information content (AvgIpc) is 3.12. The molecule has 4 N–H and O–H groups in total. The summed E-state index contributed by atoms with van der Waals surface area (Å²) in [5.41, 5.74) is 6.97. The van der Waals surface area contributed by atoms with E-state index in [0.29, 0.717) is 5.56 Å². The van der Waals surface area contributed by atoms with Gasteiger partial charge in [-0.1, -0.05) is 17.6 Å². The molecule has 1 aliphatic carbocycles. The summed E-state index contributed by atoms with van der Waals surface area (Å²) in [6, 6.07) is 5.46. The third kappa shape index (κ3) is 2.42. The van der Waals surface area contributed by atoms with Crippen molar-refractivity contribution in [2.45, 2.75) is 25.3 Å². The molecule has 7 nitrogen and oxygen atoms in total. The minimum atomic E-state index is -0.182. The molecular formula is C14H17N5O2. The largest absolute Gasteiger partial charge is 0.409 e. The van der Waals surface area contributed by atoms with Crippen LogP contribution in [-0.4, -0.2) is 32.6 Å². The predicted octanol–water partition coefficient (Wildman–Crippen LogP) is 0.979. The molecule has 21 heavy (non-hydrogen) atoms. The predicted molar refractivity (Wildman–Crippen MR) is 77.2 cm³/mol. The van der Waals surface area contributed by atoms with Crippen LogP contribution in [0.25, 0.3) is 5.52 Å². The van der Waals surface area contributed by atoms with Gasteiger partial charge in [0.05, 0.1) is 17.3 Å². The van der Waals surface area contributed by atoms with Gasteiger partial charge >= 0.3 is 0 Å². The average molecular weight is 287 g/mol. The molecule has 0 radical (unpaired) electrons. The molecule has 110 valence electrons. The molecule has 0 spiro atoms. The number of pyridine rings is 1. The summed E-state index contributed by atoms with van der Waals surface area (Å²) >= 11 is 0. The summed E-state index contributed by atoms with van der Waals surface area (Å²) < 4.78 is 1.66. The number of nitrogens with zero attached hydrogens (tertiary/aromatic N) is 3. The molecule has 0 saturated heterocycles. The Morgan fingerprint density at radius 1 is 1.48 bits per heavy atom.